The van der Waals surface area contributed by atoms with E-state index >= 15 is 0 Å². The highest BCUT2D eigenvalue weighted by molar-refractivity contribution is 7.88. The van der Waals surface area contributed by atoms with Crippen molar-refractivity contribution in [1.82, 2.24) is 9.44 Å². The van der Waals surface area contributed by atoms with Gasteiger partial charge in [-0.15, -0.1) is 0 Å². The summed E-state index contributed by atoms with van der Waals surface area (Å²) in [5.41, 5.74) is -1.46. The lowest BCUT2D eigenvalue weighted by Crippen LogP contribution is -2.57. The highest BCUT2D eigenvalue weighted by Gasteiger charge is 2.38. The van der Waals surface area contributed by atoms with Crippen molar-refractivity contribution in [2.75, 3.05) is 21.3 Å². The molecule has 11 heteroatoms. The molecule has 1 rings (SSSR count). The molecule has 10 nitrogen and oxygen atoms in total. The summed E-state index contributed by atoms with van der Waals surface area (Å²) in [5, 5.41) is 9.45. The summed E-state index contributed by atoms with van der Waals surface area (Å²) in [5.74, 6) is -0.628. The quantitative estimate of drug-likeness (QED) is 0.588. The summed E-state index contributed by atoms with van der Waals surface area (Å²) in [6.07, 6.45) is -1.46. The van der Waals surface area contributed by atoms with Crippen molar-refractivity contribution in [3.63, 3.8) is 0 Å². The fourth-order valence-corrected chi connectivity index (χ4v) is 3.13. The van der Waals surface area contributed by atoms with Crippen molar-refractivity contribution >= 4 is 22.3 Å². The SMILES string of the molecule is COC(=O)NS(=O)(=O)NC(C)(Cc1ccc(OC)c(OC)c1)C(=O)O. The Bertz CT molecular complexity index is 749. The van der Waals surface area contributed by atoms with Gasteiger partial charge in [-0.3, -0.25) is 4.79 Å². The molecule has 0 aliphatic carbocycles. The number of carbonyl (C=O) groups excluding carboxylic acids is 1. The van der Waals surface area contributed by atoms with E-state index < -0.39 is 27.8 Å². The van der Waals surface area contributed by atoms with Crippen molar-refractivity contribution in [3.05, 3.63) is 23.8 Å². The summed E-state index contributed by atoms with van der Waals surface area (Å²) in [6, 6.07) is 4.67. The second-order valence-corrected chi connectivity index (χ2v) is 6.62. The Labute approximate surface area is 145 Å². The molecular formula is C14H20N2O8S. The van der Waals surface area contributed by atoms with Crippen molar-refractivity contribution in [2.45, 2.75) is 18.9 Å². The minimum absolute atomic E-state index is 0.217. The Morgan fingerprint density at radius 3 is 2.24 bits per heavy atom. The van der Waals surface area contributed by atoms with Gasteiger partial charge >= 0.3 is 22.3 Å². The fraction of sp³-hybridized carbons (Fsp3) is 0.429. The van der Waals surface area contributed by atoms with Gasteiger partial charge in [0.1, 0.15) is 5.54 Å². The number of ether oxygens (including phenoxy) is 3. The van der Waals surface area contributed by atoms with Gasteiger partial charge in [-0.2, -0.15) is 13.1 Å². The maximum Gasteiger partial charge on any atom is 0.421 e. The molecule has 0 aliphatic rings. The largest absolute Gasteiger partial charge is 0.493 e. The summed E-state index contributed by atoms with van der Waals surface area (Å²) in [6.45, 7) is 1.17. The molecule has 0 saturated carbocycles. The standard InChI is InChI=1S/C14H20N2O8S/c1-14(12(17)18,16-25(20,21)15-13(19)24-4)8-9-5-6-10(22-2)11(7-9)23-3/h5-7,16H,8H2,1-4H3,(H,15,19)(H,17,18). The summed E-state index contributed by atoms with van der Waals surface area (Å²) >= 11 is 0. The number of benzene rings is 1. The zero-order chi connectivity index (χ0) is 19.3. The van der Waals surface area contributed by atoms with Crippen LogP contribution in [0.2, 0.25) is 0 Å². The smallest absolute Gasteiger partial charge is 0.421 e. The van der Waals surface area contributed by atoms with E-state index in [1.165, 1.54) is 31.9 Å². The number of hydrogen-bond acceptors (Lipinski definition) is 7. The van der Waals surface area contributed by atoms with Crippen LogP contribution in [0, 0.1) is 0 Å². The first-order chi connectivity index (χ1) is 11.6. The molecule has 0 spiro atoms. The summed E-state index contributed by atoms with van der Waals surface area (Å²) in [7, 11) is -0.611. The third-order valence-corrected chi connectivity index (χ3v) is 4.40. The first-order valence-corrected chi connectivity index (χ1v) is 8.39. The Morgan fingerprint density at radius 2 is 1.76 bits per heavy atom. The average molecular weight is 376 g/mol. The molecule has 140 valence electrons. The molecule has 1 amide bonds. The maximum absolute atomic E-state index is 11.9. The van der Waals surface area contributed by atoms with Gasteiger partial charge in [-0.25, -0.2) is 9.52 Å². The van der Waals surface area contributed by atoms with Crippen LogP contribution >= 0.6 is 0 Å². The lowest BCUT2D eigenvalue weighted by Gasteiger charge is -2.26. The summed E-state index contributed by atoms with van der Waals surface area (Å²) < 4.78 is 41.7. The number of nitrogens with one attached hydrogen (secondary N) is 2. The second-order valence-electron chi connectivity index (χ2n) is 5.20. The zero-order valence-electron chi connectivity index (χ0n) is 14.2. The minimum atomic E-state index is -4.46. The molecular weight excluding hydrogens is 356 g/mol. The van der Waals surface area contributed by atoms with Gasteiger partial charge in [-0.05, 0) is 24.6 Å². The molecule has 0 fully saturated rings. The van der Waals surface area contributed by atoms with Crippen LogP contribution in [0.15, 0.2) is 18.2 Å². The van der Waals surface area contributed by atoms with Gasteiger partial charge in [0.25, 0.3) is 0 Å². The number of carboxylic acid groups (broad SMARTS) is 1. The van der Waals surface area contributed by atoms with Gasteiger partial charge < -0.3 is 19.3 Å². The lowest BCUT2D eigenvalue weighted by atomic mass is 9.94. The van der Waals surface area contributed by atoms with Gasteiger partial charge in [0.15, 0.2) is 11.5 Å². The van der Waals surface area contributed by atoms with Crippen molar-refractivity contribution in [2.24, 2.45) is 0 Å². The van der Waals surface area contributed by atoms with E-state index in [9.17, 15) is 23.1 Å². The van der Waals surface area contributed by atoms with Crippen LogP contribution in [0.4, 0.5) is 4.79 Å². The van der Waals surface area contributed by atoms with Gasteiger partial charge in [0.2, 0.25) is 0 Å². The van der Waals surface area contributed by atoms with Gasteiger partial charge in [0.05, 0.1) is 21.3 Å². The molecule has 0 heterocycles. The van der Waals surface area contributed by atoms with Crippen LogP contribution in [0.25, 0.3) is 0 Å². The number of rotatable bonds is 8. The maximum atomic E-state index is 11.9. The Kier molecular flexibility index (Phi) is 6.59. The van der Waals surface area contributed by atoms with Crippen LogP contribution in [0.3, 0.4) is 0 Å². The molecule has 25 heavy (non-hydrogen) atoms. The van der Waals surface area contributed by atoms with Crippen LogP contribution in [-0.2, 0) is 26.2 Å². The molecule has 0 bridgehead atoms. The second kappa shape index (κ2) is 8.03. The predicted octanol–water partition coefficient (Wildman–Crippen LogP) is 0.280. The van der Waals surface area contributed by atoms with E-state index in [-0.39, 0.29) is 6.42 Å². The number of hydrogen-bond donors (Lipinski definition) is 3. The number of aliphatic carboxylic acids is 1. The molecule has 1 aromatic carbocycles. The van der Waals surface area contributed by atoms with E-state index in [2.05, 4.69) is 4.74 Å². The van der Waals surface area contributed by atoms with Crippen LogP contribution in [0.1, 0.15) is 12.5 Å². The van der Waals surface area contributed by atoms with E-state index in [1.54, 1.807) is 12.1 Å². The van der Waals surface area contributed by atoms with E-state index in [0.29, 0.717) is 17.1 Å². The molecule has 1 unspecified atom stereocenters. The first kappa shape index (κ1) is 20.5. The van der Waals surface area contributed by atoms with Crippen LogP contribution < -0.4 is 18.9 Å². The van der Waals surface area contributed by atoms with Gasteiger partial charge in [0, 0.05) is 6.42 Å². The highest BCUT2D eigenvalue weighted by Crippen LogP contribution is 2.29. The Morgan fingerprint density at radius 1 is 1.16 bits per heavy atom. The monoisotopic (exact) mass is 376 g/mol. The van der Waals surface area contributed by atoms with Crippen molar-refractivity contribution in [1.29, 1.82) is 0 Å². The molecule has 1 atom stereocenters. The van der Waals surface area contributed by atoms with Crippen molar-refractivity contribution < 1.29 is 37.3 Å². The number of carbonyl (C=O) groups is 2. The molecule has 0 aromatic heterocycles. The molecule has 0 radical (unpaired) electrons. The average Bonchev–Trinajstić information content (AvgIpc) is 2.53. The molecule has 1 aromatic rings. The number of amides is 1. The first-order valence-electron chi connectivity index (χ1n) is 6.91. The zero-order valence-corrected chi connectivity index (χ0v) is 15.0. The molecule has 0 saturated heterocycles. The lowest BCUT2D eigenvalue weighted by molar-refractivity contribution is -0.143. The summed E-state index contributed by atoms with van der Waals surface area (Å²) in [4.78, 5) is 22.7. The van der Waals surface area contributed by atoms with Crippen LogP contribution in [-0.4, -0.2) is 52.5 Å². The molecule has 0 aliphatic heterocycles. The molecule has 3 N–H and O–H groups in total. The number of carboxylic acids is 1. The number of methoxy groups -OCH3 is 3. The Balaban J connectivity index is 3.11. The normalized spacial score (nSPS) is 13.4. The van der Waals surface area contributed by atoms with Gasteiger partial charge in [-0.1, -0.05) is 6.07 Å². The predicted molar refractivity (Wildman–Crippen MR) is 86.9 cm³/mol. The third-order valence-electron chi connectivity index (χ3n) is 3.24. The van der Waals surface area contributed by atoms with E-state index in [0.717, 1.165) is 7.11 Å². The fourth-order valence-electron chi connectivity index (χ4n) is 2.03. The third kappa shape index (κ3) is 5.50. The minimum Gasteiger partial charge on any atom is -0.493 e. The highest BCUT2D eigenvalue weighted by atomic mass is 32.2. The Hall–Kier alpha value is -2.53. The van der Waals surface area contributed by atoms with Crippen LogP contribution in [0.5, 0.6) is 11.5 Å². The van der Waals surface area contributed by atoms with E-state index in [1.807, 2.05) is 4.72 Å². The van der Waals surface area contributed by atoms with E-state index in [4.69, 9.17) is 9.47 Å². The topological polar surface area (TPSA) is 140 Å². The van der Waals surface area contributed by atoms with Crippen molar-refractivity contribution in [3.8, 4) is 11.5 Å².